The minimum Gasteiger partial charge on any atom is -0.459 e. The molecule has 3 nitrogen and oxygen atoms in total. The van der Waals surface area contributed by atoms with Crippen LogP contribution in [0.15, 0.2) is 0 Å². The quantitative estimate of drug-likeness (QED) is 0.672. The van der Waals surface area contributed by atoms with Gasteiger partial charge in [0.1, 0.15) is 11.5 Å². The minimum atomic E-state index is -0.619. The third kappa shape index (κ3) is 6.96. The third-order valence-electron chi connectivity index (χ3n) is 1.88. The number of nitrogens with zero attached hydrogens (tertiary/aromatic N) is 1. The molecule has 0 N–H and O–H groups in total. The summed E-state index contributed by atoms with van der Waals surface area (Å²) in [6.45, 7) is 9.57. The molecule has 15 heavy (non-hydrogen) atoms. The number of carbonyl (C=O) groups excluding carboxylic acids is 1. The molecule has 1 atom stereocenters. The average molecular weight is 211 g/mol. The molecule has 0 aromatic rings. The number of hydrogen-bond acceptors (Lipinski definition) is 3. The normalized spacial score (nSPS) is 13.4. The van der Waals surface area contributed by atoms with Crippen LogP contribution in [-0.2, 0) is 9.53 Å². The number of nitriles is 1. The Hall–Kier alpha value is -1.04. The molecule has 0 aromatic heterocycles. The van der Waals surface area contributed by atoms with Crippen LogP contribution in [0.1, 0.15) is 47.5 Å². The van der Waals surface area contributed by atoms with Crippen molar-refractivity contribution in [3.8, 4) is 6.07 Å². The predicted molar refractivity (Wildman–Crippen MR) is 59.0 cm³/mol. The molecule has 0 heterocycles. The summed E-state index contributed by atoms with van der Waals surface area (Å²) in [5.41, 5.74) is -0.510. The molecule has 0 aliphatic heterocycles. The number of rotatable bonds is 4. The predicted octanol–water partition coefficient (Wildman–Crippen LogP) is 2.90. The first-order chi connectivity index (χ1) is 6.76. The van der Waals surface area contributed by atoms with Gasteiger partial charge < -0.3 is 4.74 Å². The maximum Gasteiger partial charge on any atom is 0.323 e. The zero-order valence-electron chi connectivity index (χ0n) is 10.3. The number of carbonyl (C=O) groups is 1. The second-order valence-electron chi connectivity index (χ2n) is 5.19. The molecule has 0 fully saturated rings. The highest BCUT2D eigenvalue weighted by atomic mass is 16.6. The Morgan fingerprint density at radius 3 is 2.20 bits per heavy atom. The Kier molecular flexibility index (Phi) is 5.35. The fraction of sp³-hybridized carbons (Fsp3) is 0.833. The molecule has 1 unspecified atom stereocenters. The molecular weight excluding hydrogens is 190 g/mol. The standard InChI is InChI=1S/C12H21NO2/c1-9(2)6-7-10(8-13)11(14)15-12(3,4)5/h9-10H,6-7H2,1-5H3. The van der Waals surface area contributed by atoms with Crippen molar-refractivity contribution >= 4 is 5.97 Å². The monoisotopic (exact) mass is 211 g/mol. The van der Waals surface area contributed by atoms with E-state index in [4.69, 9.17) is 10.00 Å². The topological polar surface area (TPSA) is 50.1 Å². The van der Waals surface area contributed by atoms with E-state index in [1.165, 1.54) is 0 Å². The molecule has 0 saturated carbocycles. The Labute approximate surface area is 92.4 Å². The van der Waals surface area contributed by atoms with Crippen molar-refractivity contribution in [3.05, 3.63) is 0 Å². The zero-order valence-corrected chi connectivity index (χ0v) is 10.3. The van der Waals surface area contributed by atoms with E-state index in [0.717, 1.165) is 6.42 Å². The lowest BCUT2D eigenvalue weighted by atomic mass is 9.99. The second-order valence-corrected chi connectivity index (χ2v) is 5.19. The lowest BCUT2D eigenvalue weighted by Gasteiger charge is -2.21. The molecule has 0 aliphatic rings. The fourth-order valence-corrected chi connectivity index (χ4v) is 1.11. The number of ether oxygens (including phenoxy) is 1. The van der Waals surface area contributed by atoms with Gasteiger partial charge in [0.15, 0.2) is 0 Å². The van der Waals surface area contributed by atoms with Crippen molar-refractivity contribution in [2.24, 2.45) is 11.8 Å². The van der Waals surface area contributed by atoms with E-state index >= 15 is 0 Å². The highest BCUT2D eigenvalue weighted by Gasteiger charge is 2.24. The van der Waals surface area contributed by atoms with Crippen LogP contribution < -0.4 is 0 Å². The maximum absolute atomic E-state index is 11.6. The van der Waals surface area contributed by atoms with Crippen molar-refractivity contribution in [3.63, 3.8) is 0 Å². The first kappa shape index (κ1) is 14.0. The van der Waals surface area contributed by atoms with Crippen molar-refractivity contribution in [2.45, 2.75) is 53.1 Å². The molecule has 3 heteroatoms. The zero-order chi connectivity index (χ0) is 12.1. The van der Waals surface area contributed by atoms with Crippen LogP contribution in [-0.4, -0.2) is 11.6 Å². The van der Waals surface area contributed by atoms with Gasteiger partial charge in [-0.05, 0) is 39.5 Å². The number of esters is 1. The van der Waals surface area contributed by atoms with Crippen LogP contribution in [0.4, 0.5) is 0 Å². The van der Waals surface area contributed by atoms with Crippen LogP contribution in [0.3, 0.4) is 0 Å². The van der Waals surface area contributed by atoms with Gasteiger partial charge in [-0.15, -0.1) is 0 Å². The van der Waals surface area contributed by atoms with Gasteiger partial charge in [-0.3, -0.25) is 4.79 Å². The van der Waals surface area contributed by atoms with Gasteiger partial charge in [0.05, 0.1) is 6.07 Å². The first-order valence-corrected chi connectivity index (χ1v) is 5.38. The summed E-state index contributed by atoms with van der Waals surface area (Å²) in [5, 5.41) is 8.86. The van der Waals surface area contributed by atoms with E-state index in [1.54, 1.807) is 0 Å². The molecule has 0 aliphatic carbocycles. The van der Waals surface area contributed by atoms with Gasteiger partial charge in [-0.1, -0.05) is 13.8 Å². The van der Waals surface area contributed by atoms with Crippen LogP contribution in [0.25, 0.3) is 0 Å². The molecule has 0 radical (unpaired) electrons. The summed E-state index contributed by atoms with van der Waals surface area (Å²) < 4.78 is 5.16. The Morgan fingerprint density at radius 1 is 1.33 bits per heavy atom. The van der Waals surface area contributed by atoms with Crippen LogP contribution in [0, 0.1) is 23.2 Å². The summed E-state index contributed by atoms with van der Waals surface area (Å²) in [6, 6.07) is 2.01. The average Bonchev–Trinajstić information content (AvgIpc) is 2.01. The van der Waals surface area contributed by atoms with Gasteiger partial charge in [-0.2, -0.15) is 5.26 Å². The van der Waals surface area contributed by atoms with Crippen molar-refractivity contribution in [2.75, 3.05) is 0 Å². The Balaban J connectivity index is 4.19. The van der Waals surface area contributed by atoms with Gasteiger partial charge in [0.2, 0.25) is 0 Å². The van der Waals surface area contributed by atoms with E-state index in [2.05, 4.69) is 13.8 Å². The van der Waals surface area contributed by atoms with Crippen LogP contribution >= 0.6 is 0 Å². The van der Waals surface area contributed by atoms with E-state index < -0.39 is 17.5 Å². The first-order valence-electron chi connectivity index (χ1n) is 5.38. The Bertz CT molecular complexity index is 245. The summed E-state index contributed by atoms with van der Waals surface area (Å²) in [6.07, 6.45) is 1.46. The molecular formula is C12H21NO2. The summed E-state index contributed by atoms with van der Waals surface area (Å²) >= 11 is 0. The number of hydrogen-bond donors (Lipinski definition) is 0. The van der Waals surface area contributed by atoms with Gasteiger partial charge in [-0.25, -0.2) is 0 Å². The molecule has 0 bridgehead atoms. The van der Waals surface area contributed by atoms with Gasteiger partial charge >= 0.3 is 5.97 Å². The fourth-order valence-electron chi connectivity index (χ4n) is 1.11. The highest BCUT2D eigenvalue weighted by Crippen LogP contribution is 2.16. The molecule has 0 saturated heterocycles. The van der Waals surface area contributed by atoms with Crippen molar-refractivity contribution in [1.82, 2.24) is 0 Å². The molecule has 0 amide bonds. The third-order valence-corrected chi connectivity index (χ3v) is 1.88. The van der Waals surface area contributed by atoms with Crippen LogP contribution in [0.5, 0.6) is 0 Å². The molecule has 0 spiro atoms. The van der Waals surface area contributed by atoms with E-state index in [9.17, 15) is 4.79 Å². The molecule has 86 valence electrons. The van der Waals surface area contributed by atoms with Gasteiger partial charge in [0, 0.05) is 0 Å². The van der Waals surface area contributed by atoms with E-state index in [-0.39, 0.29) is 0 Å². The van der Waals surface area contributed by atoms with Crippen molar-refractivity contribution < 1.29 is 9.53 Å². The Morgan fingerprint density at radius 2 is 1.87 bits per heavy atom. The smallest absolute Gasteiger partial charge is 0.323 e. The molecule has 0 rings (SSSR count). The lowest BCUT2D eigenvalue weighted by Crippen LogP contribution is -2.28. The van der Waals surface area contributed by atoms with E-state index in [1.807, 2.05) is 26.8 Å². The highest BCUT2D eigenvalue weighted by molar-refractivity contribution is 5.75. The van der Waals surface area contributed by atoms with Crippen molar-refractivity contribution in [1.29, 1.82) is 5.26 Å². The SMILES string of the molecule is CC(C)CCC(C#N)C(=O)OC(C)(C)C. The second kappa shape index (κ2) is 5.75. The summed E-state index contributed by atoms with van der Waals surface area (Å²) in [5.74, 6) is -0.513. The molecule has 0 aromatic carbocycles. The van der Waals surface area contributed by atoms with Crippen LogP contribution in [0.2, 0.25) is 0 Å². The van der Waals surface area contributed by atoms with Gasteiger partial charge in [0.25, 0.3) is 0 Å². The largest absolute Gasteiger partial charge is 0.459 e. The minimum absolute atomic E-state index is 0.398. The maximum atomic E-state index is 11.6. The summed E-state index contributed by atoms with van der Waals surface area (Å²) in [4.78, 5) is 11.6. The summed E-state index contributed by atoms with van der Waals surface area (Å²) in [7, 11) is 0. The van der Waals surface area contributed by atoms with E-state index in [0.29, 0.717) is 12.3 Å². The lowest BCUT2D eigenvalue weighted by molar-refractivity contribution is -0.158.